The second-order valence-electron chi connectivity index (χ2n) is 3.56. The Morgan fingerprint density at radius 1 is 1.04 bits per heavy atom. The van der Waals surface area contributed by atoms with Gasteiger partial charge in [-0.1, -0.05) is 13.2 Å². The highest BCUT2D eigenvalue weighted by Crippen LogP contribution is 1.91. The molecule has 0 aliphatic heterocycles. The van der Waals surface area contributed by atoms with E-state index in [1.807, 2.05) is 0 Å². The minimum absolute atomic E-state index is 0.00935. The molecule has 0 unspecified atom stereocenters. The zero-order chi connectivity index (χ0) is 18.9. The third-order valence-corrected chi connectivity index (χ3v) is 2.01. The lowest BCUT2D eigenvalue weighted by atomic mass is 10.5. The number of hydrogen-bond donors (Lipinski definition) is 5. The predicted octanol–water partition coefficient (Wildman–Crippen LogP) is -1.10. The summed E-state index contributed by atoms with van der Waals surface area (Å²) in [6.45, 7) is 12.5. The minimum atomic E-state index is -0.981. The van der Waals surface area contributed by atoms with Crippen molar-refractivity contribution in [3.8, 4) is 0 Å². The molecule has 2 aromatic rings. The van der Waals surface area contributed by atoms with Gasteiger partial charge in [0.1, 0.15) is 5.65 Å². The molecular weight excluding hydrogens is 326 g/mol. The van der Waals surface area contributed by atoms with Crippen molar-refractivity contribution in [2.75, 3.05) is 0 Å². The topological polar surface area (TPSA) is 182 Å². The highest BCUT2D eigenvalue weighted by atomic mass is 16.4. The van der Waals surface area contributed by atoms with Crippen LogP contribution in [0.5, 0.6) is 0 Å². The molecule has 2 aromatic heterocycles. The first-order valence-corrected chi connectivity index (χ1v) is 5.73. The van der Waals surface area contributed by atoms with Crippen molar-refractivity contribution in [3.05, 3.63) is 68.2 Å². The van der Waals surface area contributed by atoms with Crippen LogP contribution in [0.3, 0.4) is 0 Å². The largest absolute Gasteiger partial charge is 0.478 e. The molecule has 0 radical (unpaired) electrons. The Labute approximate surface area is 131 Å². The third-order valence-electron chi connectivity index (χ3n) is 2.01. The Bertz CT molecular complexity index is 964. The van der Waals surface area contributed by atoms with E-state index in [2.05, 4.69) is 33.1 Å². The van der Waals surface area contributed by atoms with Gasteiger partial charge >= 0.3 is 28.9 Å². The summed E-state index contributed by atoms with van der Waals surface area (Å²) in [7, 11) is 0. The van der Waals surface area contributed by atoms with Crippen LogP contribution in [0, 0.1) is 6.57 Å². The lowest BCUT2D eigenvalue weighted by Crippen LogP contribution is -2.30. The van der Waals surface area contributed by atoms with Crippen LogP contribution in [0.4, 0.5) is 0 Å². The van der Waals surface area contributed by atoms with Gasteiger partial charge in [0.25, 0.3) is 0 Å². The summed E-state index contributed by atoms with van der Waals surface area (Å²) in [4.78, 5) is 60.9. The van der Waals surface area contributed by atoms with Crippen molar-refractivity contribution in [1.82, 2.24) is 19.6 Å². The van der Waals surface area contributed by atoms with E-state index in [0.717, 1.165) is 12.2 Å². The average Bonchev–Trinajstić information content (AvgIpc) is 2.89. The molecule has 0 aromatic carbocycles. The van der Waals surface area contributed by atoms with Crippen LogP contribution in [0.25, 0.3) is 16.1 Å². The van der Waals surface area contributed by atoms with Crippen LogP contribution < -0.4 is 16.9 Å². The molecule has 0 amide bonds. The van der Waals surface area contributed by atoms with Gasteiger partial charge in [0.05, 0.1) is 4.68 Å². The van der Waals surface area contributed by atoms with Crippen molar-refractivity contribution in [2.24, 2.45) is 0 Å². The molecule has 2 rings (SSSR count). The van der Waals surface area contributed by atoms with Crippen LogP contribution >= 0.6 is 0 Å². The number of carboxylic acids is 2. The predicted molar refractivity (Wildman–Crippen MR) is 81.5 cm³/mol. The molecule has 0 fully saturated rings. The van der Waals surface area contributed by atoms with Crippen molar-refractivity contribution in [2.45, 2.75) is 0 Å². The Morgan fingerprint density at radius 3 is 1.88 bits per heavy atom. The van der Waals surface area contributed by atoms with E-state index in [4.69, 9.17) is 16.8 Å². The number of nitrogens with zero attached hydrogens (tertiary/aromatic N) is 2. The zero-order valence-corrected chi connectivity index (χ0v) is 11.9. The second-order valence-corrected chi connectivity index (χ2v) is 3.56. The first-order valence-electron chi connectivity index (χ1n) is 5.73. The molecule has 126 valence electrons. The van der Waals surface area contributed by atoms with Gasteiger partial charge in [0, 0.05) is 12.2 Å². The second kappa shape index (κ2) is 9.00. The smallest absolute Gasteiger partial charge is 0.398 e. The Balaban J connectivity index is 0.000000442. The molecule has 5 N–H and O–H groups in total. The van der Waals surface area contributed by atoms with Gasteiger partial charge in [-0.3, -0.25) is 19.7 Å². The van der Waals surface area contributed by atoms with Gasteiger partial charge in [-0.05, 0) is 0 Å². The fraction of sp³-hybridized carbons (Fsp3) is 0. The van der Waals surface area contributed by atoms with Gasteiger partial charge in [-0.25, -0.2) is 19.2 Å². The van der Waals surface area contributed by atoms with Gasteiger partial charge in [-0.2, -0.15) is 6.57 Å². The van der Waals surface area contributed by atoms with E-state index in [0.29, 0.717) is 4.68 Å². The Morgan fingerprint density at radius 2 is 1.50 bits per heavy atom. The molecule has 0 saturated carbocycles. The van der Waals surface area contributed by atoms with E-state index in [-0.39, 0.29) is 11.2 Å². The molecule has 24 heavy (non-hydrogen) atoms. The highest BCUT2D eigenvalue weighted by Gasteiger charge is 2.12. The number of aromatic amines is 3. The van der Waals surface area contributed by atoms with Gasteiger partial charge in [0.2, 0.25) is 0 Å². The maximum absolute atomic E-state index is 11.3. The van der Waals surface area contributed by atoms with E-state index in [1.54, 1.807) is 0 Å². The number of nitrogens with one attached hydrogen (secondary N) is 3. The van der Waals surface area contributed by atoms with Crippen molar-refractivity contribution in [3.63, 3.8) is 0 Å². The first-order chi connectivity index (χ1) is 11.2. The summed E-state index contributed by atoms with van der Waals surface area (Å²) in [5, 5.41) is 15.2. The standard InChI is InChI=1S/C6H3N5O3.2C3H4O2/c1-7-11-4(12)2-3(10-6(11)14)9-5(13)8-2;2*1-2-3(4)5/h(H,10,14)(H2,8,9,13);2*2H,1H2,(H,4,5). The highest BCUT2D eigenvalue weighted by molar-refractivity contribution is 5.79. The lowest BCUT2D eigenvalue weighted by Gasteiger charge is -1.87. The van der Waals surface area contributed by atoms with Gasteiger partial charge in [-0.15, -0.1) is 4.95 Å². The SMILES string of the molecule is C=CC(=O)O.C=CC(=O)O.[C-]#[N+]n1c(=O)[nH]c2[nH]c(=O)[nH]c2c1=O. The molecule has 0 aliphatic carbocycles. The summed E-state index contributed by atoms with van der Waals surface area (Å²) >= 11 is 0. The van der Waals surface area contributed by atoms with Crippen molar-refractivity contribution in [1.29, 1.82) is 0 Å². The minimum Gasteiger partial charge on any atom is -0.478 e. The first kappa shape index (κ1) is 19.9. The lowest BCUT2D eigenvalue weighted by molar-refractivity contribution is -0.132. The summed E-state index contributed by atoms with van der Waals surface area (Å²) in [5.41, 5.74) is -2.48. The van der Waals surface area contributed by atoms with Crippen LogP contribution in [0.2, 0.25) is 0 Å². The summed E-state index contributed by atoms with van der Waals surface area (Å²) in [6, 6.07) is 0. The maximum atomic E-state index is 11.3. The third kappa shape index (κ3) is 5.69. The molecule has 12 heteroatoms. The molecule has 0 saturated heterocycles. The number of carboxylic acid groups (broad SMARTS) is 2. The number of aromatic nitrogens is 4. The number of hydrogen-bond acceptors (Lipinski definition) is 5. The molecule has 0 aliphatic rings. The van der Waals surface area contributed by atoms with E-state index >= 15 is 0 Å². The summed E-state index contributed by atoms with van der Waals surface area (Å²) < 4.78 is 0.298. The summed E-state index contributed by atoms with van der Waals surface area (Å²) in [6.07, 6.45) is 1.67. The number of imidazole rings is 1. The van der Waals surface area contributed by atoms with Crippen LogP contribution in [0.15, 0.2) is 39.7 Å². The van der Waals surface area contributed by atoms with E-state index in [9.17, 15) is 24.0 Å². The average molecular weight is 337 g/mol. The number of fused-ring (bicyclic) bond motifs is 1. The Hall–Kier alpha value is -4.14. The zero-order valence-electron chi connectivity index (χ0n) is 11.9. The molecule has 0 spiro atoms. The van der Waals surface area contributed by atoms with E-state index < -0.39 is 28.9 Å². The molecule has 2 heterocycles. The number of carbonyl (C=O) groups is 2. The van der Waals surface area contributed by atoms with Crippen molar-refractivity contribution < 1.29 is 19.8 Å². The summed E-state index contributed by atoms with van der Waals surface area (Å²) in [5.74, 6) is -1.96. The molecule has 0 bridgehead atoms. The fourth-order valence-corrected chi connectivity index (χ4v) is 1.09. The fourth-order valence-electron chi connectivity index (χ4n) is 1.09. The number of H-pyrrole nitrogens is 3. The normalized spacial score (nSPS) is 8.62. The van der Waals surface area contributed by atoms with Crippen molar-refractivity contribution >= 4 is 23.1 Å². The quantitative estimate of drug-likeness (QED) is 0.340. The molecule has 12 nitrogen and oxygen atoms in total. The maximum Gasteiger partial charge on any atom is 0.398 e. The number of rotatable bonds is 2. The van der Waals surface area contributed by atoms with Crippen LogP contribution in [-0.4, -0.2) is 41.8 Å². The number of aliphatic carboxylic acids is 2. The Kier molecular flexibility index (Phi) is 7.44. The monoisotopic (exact) mass is 337 g/mol. The van der Waals surface area contributed by atoms with E-state index in [1.165, 1.54) is 0 Å². The van der Waals surface area contributed by atoms with Gasteiger partial charge in [0.15, 0.2) is 5.52 Å². The van der Waals surface area contributed by atoms with Crippen LogP contribution in [0.1, 0.15) is 0 Å². The molecular formula is C12H11N5O7. The molecule has 0 atom stereocenters. The van der Waals surface area contributed by atoms with Crippen LogP contribution in [-0.2, 0) is 9.59 Å². The van der Waals surface area contributed by atoms with Gasteiger partial charge < -0.3 is 10.2 Å².